The van der Waals surface area contributed by atoms with Crippen LogP contribution in [0.25, 0.3) is 0 Å². The van der Waals surface area contributed by atoms with Crippen LogP contribution in [0, 0.1) is 17.5 Å². The number of aromatic nitrogens is 2. The molecule has 0 fully saturated rings. The molecule has 1 aromatic heterocycles. The molecule has 0 aliphatic carbocycles. The predicted octanol–water partition coefficient (Wildman–Crippen LogP) is 2.96. The number of anilines is 1. The molecule has 3 aromatic rings. The number of benzene rings is 2. The van der Waals surface area contributed by atoms with Crippen LogP contribution < -0.4 is 10.9 Å². The van der Waals surface area contributed by atoms with Gasteiger partial charge in [-0.2, -0.15) is 5.10 Å². The van der Waals surface area contributed by atoms with Gasteiger partial charge in [0.05, 0.1) is 12.2 Å². The van der Waals surface area contributed by atoms with Crippen molar-refractivity contribution in [3.05, 3.63) is 93.7 Å². The van der Waals surface area contributed by atoms with Gasteiger partial charge in [-0.3, -0.25) is 9.59 Å². The summed E-state index contributed by atoms with van der Waals surface area (Å²) in [6, 6.07) is 10.6. The Bertz CT molecular complexity index is 1030. The largest absolute Gasteiger partial charge is 0.318 e. The SMILES string of the molecule is O=C(Nc1ccc(F)cc1F)c1ccc(=O)n(Cc2cccc(F)c2)n1. The molecule has 0 unspecified atom stereocenters. The molecule has 0 spiro atoms. The monoisotopic (exact) mass is 359 g/mol. The van der Waals surface area contributed by atoms with Gasteiger partial charge >= 0.3 is 0 Å². The van der Waals surface area contributed by atoms with Gasteiger partial charge in [-0.25, -0.2) is 17.9 Å². The molecule has 0 bridgehead atoms. The van der Waals surface area contributed by atoms with E-state index in [4.69, 9.17) is 0 Å². The first kappa shape index (κ1) is 17.4. The van der Waals surface area contributed by atoms with Crippen molar-refractivity contribution in [1.82, 2.24) is 9.78 Å². The number of amides is 1. The van der Waals surface area contributed by atoms with Crippen molar-refractivity contribution in [3.8, 4) is 0 Å². The molecule has 5 nitrogen and oxygen atoms in total. The Hall–Kier alpha value is -3.42. The molecule has 132 valence electrons. The van der Waals surface area contributed by atoms with Crippen LogP contribution in [-0.4, -0.2) is 15.7 Å². The Labute approximate surface area is 145 Å². The molecule has 3 rings (SSSR count). The van der Waals surface area contributed by atoms with E-state index in [1.54, 1.807) is 6.07 Å². The van der Waals surface area contributed by atoms with Crippen LogP contribution in [0.4, 0.5) is 18.9 Å². The van der Waals surface area contributed by atoms with Crippen LogP contribution in [0.3, 0.4) is 0 Å². The molecule has 2 aromatic carbocycles. The molecule has 0 atom stereocenters. The smallest absolute Gasteiger partial charge is 0.276 e. The third kappa shape index (κ3) is 3.97. The molecule has 0 saturated carbocycles. The van der Waals surface area contributed by atoms with Crippen LogP contribution in [0.2, 0.25) is 0 Å². The van der Waals surface area contributed by atoms with E-state index in [1.807, 2.05) is 0 Å². The molecule has 1 heterocycles. The van der Waals surface area contributed by atoms with Gasteiger partial charge in [0, 0.05) is 12.1 Å². The third-order valence-electron chi connectivity index (χ3n) is 3.50. The van der Waals surface area contributed by atoms with E-state index in [9.17, 15) is 22.8 Å². The molecule has 0 aliphatic heterocycles. The van der Waals surface area contributed by atoms with E-state index in [-0.39, 0.29) is 17.9 Å². The lowest BCUT2D eigenvalue weighted by Crippen LogP contribution is -2.26. The average molecular weight is 359 g/mol. The normalized spacial score (nSPS) is 10.6. The molecule has 0 radical (unpaired) electrons. The van der Waals surface area contributed by atoms with Crippen LogP contribution in [0.15, 0.2) is 59.4 Å². The van der Waals surface area contributed by atoms with Crippen molar-refractivity contribution >= 4 is 11.6 Å². The fourth-order valence-corrected chi connectivity index (χ4v) is 2.27. The summed E-state index contributed by atoms with van der Waals surface area (Å²) in [5.41, 5.74) is -0.369. The minimum absolute atomic E-state index is 0.0391. The number of hydrogen-bond donors (Lipinski definition) is 1. The Kier molecular flexibility index (Phi) is 4.83. The number of hydrogen-bond acceptors (Lipinski definition) is 3. The van der Waals surface area contributed by atoms with Gasteiger partial charge in [0.25, 0.3) is 11.5 Å². The maximum Gasteiger partial charge on any atom is 0.276 e. The highest BCUT2D eigenvalue weighted by atomic mass is 19.1. The lowest BCUT2D eigenvalue weighted by molar-refractivity contribution is 0.101. The molecule has 8 heteroatoms. The van der Waals surface area contributed by atoms with Crippen molar-refractivity contribution in [3.63, 3.8) is 0 Å². The summed E-state index contributed by atoms with van der Waals surface area (Å²) in [5, 5.41) is 6.17. The fourth-order valence-electron chi connectivity index (χ4n) is 2.27. The predicted molar refractivity (Wildman–Crippen MR) is 88.3 cm³/mol. The van der Waals surface area contributed by atoms with E-state index in [0.29, 0.717) is 11.6 Å². The highest BCUT2D eigenvalue weighted by Crippen LogP contribution is 2.15. The number of halogens is 3. The van der Waals surface area contributed by atoms with Gasteiger partial charge in [0.2, 0.25) is 0 Å². The van der Waals surface area contributed by atoms with E-state index in [2.05, 4.69) is 10.4 Å². The van der Waals surface area contributed by atoms with Gasteiger partial charge in [0.1, 0.15) is 23.1 Å². The lowest BCUT2D eigenvalue weighted by Gasteiger charge is -2.09. The zero-order valence-electron chi connectivity index (χ0n) is 13.2. The number of nitrogens with one attached hydrogen (secondary N) is 1. The minimum Gasteiger partial charge on any atom is -0.318 e. The molecular weight excluding hydrogens is 347 g/mol. The quantitative estimate of drug-likeness (QED) is 0.779. The second kappa shape index (κ2) is 7.22. The van der Waals surface area contributed by atoms with Crippen LogP contribution in [0.1, 0.15) is 16.1 Å². The topological polar surface area (TPSA) is 64.0 Å². The summed E-state index contributed by atoms with van der Waals surface area (Å²) in [6.07, 6.45) is 0. The van der Waals surface area contributed by atoms with Gasteiger partial charge in [-0.05, 0) is 35.9 Å². The van der Waals surface area contributed by atoms with E-state index < -0.39 is 28.9 Å². The second-order valence-electron chi connectivity index (χ2n) is 5.42. The van der Waals surface area contributed by atoms with Gasteiger partial charge in [-0.15, -0.1) is 0 Å². The van der Waals surface area contributed by atoms with Gasteiger partial charge < -0.3 is 5.32 Å². The lowest BCUT2D eigenvalue weighted by atomic mass is 10.2. The zero-order chi connectivity index (χ0) is 18.7. The number of carbonyl (C=O) groups is 1. The summed E-state index contributed by atoms with van der Waals surface area (Å²) >= 11 is 0. The number of carbonyl (C=O) groups excluding carboxylic acids is 1. The molecule has 1 amide bonds. The summed E-state index contributed by atoms with van der Waals surface area (Å²) in [4.78, 5) is 24.1. The third-order valence-corrected chi connectivity index (χ3v) is 3.50. The molecule has 0 aliphatic rings. The molecule has 26 heavy (non-hydrogen) atoms. The Balaban J connectivity index is 1.84. The number of rotatable bonds is 4. The number of nitrogens with zero attached hydrogens (tertiary/aromatic N) is 2. The van der Waals surface area contributed by atoms with Crippen molar-refractivity contribution in [2.24, 2.45) is 0 Å². The van der Waals surface area contributed by atoms with Gasteiger partial charge in [0.15, 0.2) is 0 Å². The highest BCUT2D eigenvalue weighted by molar-refractivity contribution is 6.02. The Morgan fingerprint density at radius 1 is 1.00 bits per heavy atom. The van der Waals surface area contributed by atoms with Crippen LogP contribution in [-0.2, 0) is 6.54 Å². The zero-order valence-corrected chi connectivity index (χ0v) is 13.2. The maximum absolute atomic E-state index is 13.6. The first-order valence-electron chi connectivity index (χ1n) is 7.51. The summed E-state index contributed by atoms with van der Waals surface area (Å²) in [5.74, 6) is -2.95. The average Bonchev–Trinajstić information content (AvgIpc) is 2.59. The Morgan fingerprint density at radius 3 is 2.50 bits per heavy atom. The van der Waals surface area contributed by atoms with Crippen molar-refractivity contribution in [1.29, 1.82) is 0 Å². The maximum atomic E-state index is 13.6. The fraction of sp³-hybridized carbons (Fsp3) is 0.0556. The first-order chi connectivity index (χ1) is 12.4. The second-order valence-corrected chi connectivity index (χ2v) is 5.42. The first-order valence-corrected chi connectivity index (χ1v) is 7.51. The summed E-state index contributed by atoms with van der Waals surface area (Å²) in [6.45, 7) is -0.0391. The van der Waals surface area contributed by atoms with Crippen LogP contribution in [0.5, 0.6) is 0 Å². The Morgan fingerprint density at radius 2 is 1.77 bits per heavy atom. The minimum atomic E-state index is -0.938. The molecule has 0 saturated heterocycles. The molecule has 1 N–H and O–H groups in total. The molecular formula is C18H12F3N3O2. The highest BCUT2D eigenvalue weighted by Gasteiger charge is 2.13. The summed E-state index contributed by atoms with van der Waals surface area (Å²) < 4.78 is 40.8. The van der Waals surface area contributed by atoms with E-state index in [1.165, 1.54) is 24.3 Å². The van der Waals surface area contributed by atoms with Crippen LogP contribution >= 0.6 is 0 Å². The van der Waals surface area contributed by atoms with Gasteiger partial charge in [-0.1, -0.05) is 12.1 Å². The van der Waals surface area contributed by atoms with Crippen molar-refractivity contribution in [2.45, 2.75) is 6.54 Å². The van der Waals surface area contributed by atoms with E-state index >= 15 is 0 Å². The van der Waals surface area contributed by atoms with Crippen molar-refractivity contribution in [2.75, 3.05) is 5.32 Å². The standard InChI is InChI=1S/C18H12F3N3O2/c19-12-3-1-2-11(8-12)10-24-17(25)7-6-16(23-24)18(26)22-15-5-4-13(20)9-14(15)21/h1-9H,10H2,(H,22,26). The van der Waals surface area contributed by atoms with Crippen molar-refractivity contribution < 1.29 is 18.0 Å². The van der Waals surface area contributed by atoms with E-state index in [0.717, 1.165) is 22.9 Å². The summed E-state index contributed by atoms with van der Waals surface area (Å²) in [7, 11) is 0.